The normalized spacial score (nSPS) is 16.8. The van der Waals surface area contributed by atoms with Gasteiger partial charge in [-0.25, -0.2) is 0 Å². The molecule has 1 aromatic carbocycles. The number of piperazine rings is 1. The van der Waals surface area contributed by atoms with Crippen molar-refractivity contribution in [2.75, 3.05) is 46.4 Å². The minimum atomic E-state index is 0.0647. The molecule has 27 heavy (non-hydrogen) atoms. The number of hydrogen-bond acceptors (Lipinski definition) is 5. The molecule has 5 nitrogen and oxygen atoms in total. The zero-order chi connectivity index (χ0) is 19.1. The molecule has 146 valence electrons. The molecule has 1 aromatic heterocycles. The highest BCUT2D eigenvalue weighted by atomic mass is 32.1. The molecule has 3 rings (SSSR count). The molecule has 6 heteroatoms. The van der Waals surface area contributed by atoms with Crippen LogP contribution in [-0.2, 0) is 11.2 Å². The highest BCUT2D eigenvalue weighted by Gasteiger charge is 2.25. The standard InChI is InChI=1S/C21H29N3O2S/c1-3-26-18-8-6-17(7-9-18)15-21(25)22-16-19(20-5-4-14-27-20)24-12-10-23(2)11-13-24/h4-9,14,19H,3,10-13,15-16H2,1-2H3,(H,22,25). The molecule has 1 aliphatic rings. The first kappa shape index (κ1) is 19.9. The first-order valence-electron chi connectivity index (χ1n) is 9.60. The number of rotatable bonds is 8. The van der Waals surface area contributed by atoms with Gasteiger partial charge in [0, 0.05) is 37.6 Å². The van der Waals surface area contributed by atoms with Gasteiger partial charge in [-0.05, 0) is 43.1 Å². The van der Waals surface area contributed by atoms with Gasteiger partial charge in [0.25, 0.3) is 0 Å². The minimum absolute atomic E-state index is 0.0647. The first-order valence-corrected chi connectivity index (χ1v) is 10.5. The van der Waals surface area contributed by atoms with Crippen LogP contribution >= 0.6 is 11.3 Å². The predicted molar refractivity (Wildman–Crippen MR) is 110 cm³/mol. The van der Waals surface area contributed by atoms with Crippen LogP contribution in [0.1, 0.15) is 23.4 Å². The SMILES string of the molecule is CCOc1ccc(CC(=O)NCC(c2cccs2)N2CCN(C)CC2)cc1. The van der Waals surface area contributed by atoms with E-state index in [1.165, 1.54) is 4.88 Å². The molecule has 0 aliphatic carbocycles. The molecule has 0 spiro atoms. The zero-order valence-corrected chi connectivity index (χ0v) is 17.0. The number of ether oxygens (including phenoxy) is 1. The van der Waals surface area contributed by atoms with Crippen LogP contribution in [0.15, 0.2) is 41.8 Å². The fourth-order valence-corrected chi connectivity index (χ4v) is 4.21. The van der Waals surface area contributed by atoms with Gasteiger partial charge < -0.3 is 15.0 Å². The number of hydrogen-bond donors (Lipinski definition) is 1. The third-order valence-corrected chi connectivity index (χ3v) is 5.92. The Morgan fingerprint density at radius 1 is 1.19 bits per heavy atom. The molecular formula is C21H29N3O2S. The lowest BCUT2D eigenvalue weighted by molar-refractivity contribution is -0.120. The number of thiophene rings is 1. The second kappa shape index (κ2) is 9.88. The topological polar surface area (TPSA) is 44.8 Å². The number of likely N-dealkylation sites (N-methyl/N-ethyl adjacent to an activating group) is 1. The van der Waals surface area contributed by atoms with Gasteiger partial charge in [0.1, 0.15) is 5.75 Å². The Kier molecular flexibility index (Phi) is 7.26. The van der Waals surface area contributed by atoms with E-state index in [4.69, 9.17) is 4.74 Å². The predicted octanol–water partition coefficient (Wildman–Crippen LogP) is 2.79. The van der Waals surface area contributed by atoms with Gasteiger partial charge in [0.2, 0.25) is 5.91 Å². The lowest BCUT2D eigenvalue weighted by Crippen LogP contribution is -2.48. The van der Waals surface area contributed by atoms with Crippen molar-refractivity contribution >= 4 is 17.2 Å². The lowest BCUT2D eigenvalue weighted by atomic mass is 10.1. The van der Waals surface area contributed by atoms with E-state index < -0.39 is 0 Å². The number of carbonyl (C=O) groups excluding carboxylic acids is 1. The van der Waals surface area contributed by atoms with E-state index in [0.29, 0.717) is 19.6 Å². The average molecular weight is 388 g/mol. The molecule has 0 radical (unpaired) electrons. The van der Waals surface area contributed by atoms with E-state index in [-0.39, 0.29) is 11.9 Å². The summed E-state index contributed by atoms with van der Waals surface area (Å²) in [6.45, 7) is 7.48. The average Bonchev–Trinajstić information content (AvgIpc) is 3.20. The highest BCUT2D eigenvalue weighted by Crippen LogP contribution is 2.25. The molecule has 1 atom stereocenters. The summed E-state index contributed by atoms with van der Waals surface area (Å²) in [5, 5.41) is 5.26. The van der Waals surface area contributed by atoms with Gasteiger partial charge in [-0.1, -0.05) is 18.2 Å². The maximum atomic E-state index is 12.5. The molecule has 2 heterocycles. The van der Waals surface area contributed by atoms with Crippen LogP contribution in [0.3, 0.4) is 0 Å². The van der Waals surface area contributed by atoms with Gasteiger partial charge in [-0.3, -0.25) is 9.69 Å². The van der Waals surface area contributed by atoms with Crippen LogP contribution in [0.25, 0.3) is 0 Å². The Morgan fingerprint density at radius 2 is 1.93 bits per heavy atom. The maximum Gasteiger partial charge on any atom is 0.224 e. The second-order valence-electron chi connectivity index (χ2n) is 6.93. The number of nitrogens with zero attached hydrogens (tertiary/aromatic N) is 2. The van der Waals surface area contributed by atoms with Crippen LogP contribution in [0, 0.1) is 0 Å². The number of carbonyl (C=O) groups is 1. The van der Waals surface area contributed by atoms with Gasteiger partial charge in [-0.2, -0.15) is 0 Å². The highest BCUT2D eigenvalue weighted by molar-refractivity contribution is 7.10. The summed E-state index contributed by atoms with van der Waals surface area (Å²) in [5.74, 6) is 0.907. The fraction of sp³-hybridized carbons (Fsp3) is 0.476. The Labute approximate surface area is 165 Å². The third-order valence-electron chi connectivity index (χ3n) is 4.94. The van der Waals surface area contributed by atoms with Crippen molar-refractivity contribution in [3.63, 3.8) is 0 Å². The van der Waals surface area contributed by atoms with E-state index in [1.807, 2.05) is 31.2 Å². The summed E-state index contributed by atoms with van der Waals surface area (Å²) in [7, 11) is 2.16. The smallest absolute Gasteiger partial charge is 0.224 e. The molecule has 0 bridgehead atoms. The summed E-state index contributed by atoms with van der Waals surface area (Å²) in [6.07, 6.45) is 0.395. The van der Waals surface area contributed by atoms with Crippen LogP contribution in [0.2, 0.25) is 0 Å². The monoisotopic (exact) mass is 387 g/mol. The van der Waals surface area contributed by atoms with Crippen molar-refractivity contribution in [1.29, 1.82) is 0 Å². The first-order chi connectivity index (χ1) is 13.2. The van der Waals surface area contributed by atoms with E-state index in [1.54, 1.807) is 11.3 Å². The Morgan fingerprint density at radius 3 is 2.56 bits per heavy atom. The zero-order valence-electron chi connectivity index (χ0n) is 16.2. The number of benzene rings is 1. The van der Waals surface area contributed by atoms with Crippen LogP contribution in [-0.4, -0.2) is 62.1 Å². The minimum Gasteiger partial charge on any atom is -0.494 e. The van der Waals surface area contributed by atoms with E-state index >= 15 is 0 Å². The van der Waals surface area contributed by atoms with Gasteiger partial charge in [0.15, 0.2) is 0 Å². The summed E-state index contributed by atoms with van der Waals surface area (Å²) in [5.41, 5.74) is 1.00. The Hall–Kier alpha value is -1.89. The van der Waals surface area contributed by atoms with Gasteiger partial charge >= 0.3 is 0 Å². The molecular weight excluding hydrogens is 358 g/mol. The maximum absolute atomic E-state index is 12.5. The van der Waals surface area contributed by atoms with Crippen molar-refractivity contribution < 1.29 is 9.53 Å². The number of amides is 1. The van der Waals surface area contributed by atoms with Crippen LogP contribution in [0.4, 0.5) is 0 Å². The molecule has 0 saturated carbocycles. The molecule has 2 aromatic rings. The largest absolute Gasteiger partial charge is 0.494 e. The van der Waals surface area contributed by atoms with E-state index in [9.17, 15) is 4.79 Å². The van der Waals surface area contributed by atoms with Gasteiger partial charge in [-0.15, -0.1) is 11.3 Å². The molecule has 1 amide bonds. The Balaban J connectivity index is 1.55. The van der Waals surface area contributed by atoms with E-state index in [0.717, 1.165) is 37.5 Å². The summed E-state index contributed by atoms with van der Waals surface area (Å²) in [4.78, 5) is 18.6. The molecule has 1 N–H and O–H groups in total. The van der Waals surface area contributed by atoms with Crippen molar-refractivity contribution in [2.24, 2.45) is 0 Å². The molecule has 1 unspecified atom stereocenters. The summed E-state index contributed by atoms with van der Waals surface area (Å²) in [6, 6.07) is 12.3. The lowest BCUT2D eigenvalue weighted by Gasteiger charge is -2.37. The third kappa shape index (κ3) is 5.79. The van der Waals surface area contributed by atoms with Crippen molar-refractivity contribution in [3.8, 4) is 5.75 Å². The molecule has 1 aliphatic heterocycles. The molecule has 1 fully saturated rings. The van der Waals surface area contributed by atoms with Crippen LogP contribution in [0.5, 0.6) is 5.75 Å². The fourth-order valence-electron chi connectivity index (χ4n) is 3.35. The number of nitrogens with one attached hydrogen (secondary N) is 1. The molecule has 1 saturated heterocycles. The second-order valence-corrected chi connectivity index (χ2v) is 7.91. The quantitative estimate of drug-likeness (QED) is 0.757. The van der Waals surface area contributed by atoms with Crippen LogP contribution < -0.4 is 10.1 Å². The van der Waals surface area contributed by atoms with Crippen molar-refractivity contribution in [2.45, 2.75) is 19.4 Å². The Bertz CT molecular complexity index is 695. The summed E-state index contributed by atoms with van der Waals surface area (Å²) >= 11 is 1.77. The van der Waals surface area contributed by atoms with E-state index in [2.05, 4.69) is 39.7 Å². The van der Waals surface area contributed by atoms with Crippen molar-refractivity contribution in [1.82, 2.24) is 15.1 Å². The van der Waals surface area contributed by atoms with Crippen molar-refractivity contribution in [3.05, 3.63) is 52.2 Å². The summed E-state index contributed by atoms with van der Waals surface area (Å²) < 4.78 is 5.45. The van der Waals surface area contributed by atoms with Gasteiger partial charge in [0.05, 0.1) is 19.1 Å².